The van der Waals surface area contributed by atoms with Crippen LogP contribution in [0.15, 0.2) is 24.3 Å². The fourth-order valence-electron chi connectivity index (χ4n) is 2.46. The van der Waals surface area contributed by atoms with Gasteiger partial charge in [0.15, 0.2) is 0 Å². The van der Waals surface area contributed by atoms with Gasteiger partial charge in [-0.2, -0.15) is 10.5 Å². The summed E-state index contributed by atoms with van der Waals surface area (Å²) >= 11 is 0. The monoisotopic (exact) mass is 239 g/mol. The van der Waals surface area contributed by atoms with Gasteiger partial charge in [0.1, 0.15) is 6.04 Å². The van der Waals surface area contributed by atoms with Gasteiger partial charge >= 0.3 is 0 Å². The van der Waals surface area contributed by atoms with Crippen LogP contribution >= 0.6 is 0 Å². The third-order valence-corrected chi connectivity index (χ3v) is 3.51. The molecule has 0 radical (unpaired) electrons. The Kier molecular flexibility index (Phi) is 4.34. The molecule has 0 amide bonds. The first kappa shape index (κ1) is 12.6. The molecule has 2 rings (SSSR count). The van der Waals surface area contributed by atoms with E-state index in [1.165, 1.54) is 19.3 Å². The van der Waals surface area contributed by atoms with Gasteiger partial charge < -0.3 is 0 Å². The molecule has 0 aromatic heterocycles. The standard InChI is InChI=1S/C15H17N3/c16-10-12-6-8-13(9-7-12)15(11-17)18-14-4-2-1-3-5-14/h6-9,14-15,18H,1-5H2. The zero-order chi connectivity index (χ0) is 12.8. The summed E-state index contributed by atoms with van der Waals surface area (Å²) in [6.45, 7) is 0. The van der Waals surface area contributed by atoms with Crippen LogP contribution in [0, 0.1) is 22.7 Å². The molecule has 3 nitrogen and oxygen atoms in total. The van der Waals surface area contributed by atoms with Crippen LogP contribution < -0.4 is 5.32 Å². The van der Waals surface area contributed by atoms with Crippen molar-refractivity contribution in [3.8, 4) is 12.1 Å². The molecule has 1 aliphatic carbocycles. The molecule has 1 aromatic rings. The van der Waals surface area contributed by atoms with E-state index in [0.29, 0.717) is 11.6 Å². The molecule has 1 aliphatic rings. The number of hydrogen-bond donors (Lipinski definition) is 1. The number of hydrogen-bond acceptors (Lipinski definition) is 3. The summed E-state index contributed by atoms with van der Waals surface area (Å²) in [5.41, 5.74) is 1.58. The second-order valence-corrected chi connectivity index (χ2v) is 4.80. The van der Waals surface area contributed by atoms with Crippen LogP contribution in [0.25, 0.3) is 0 Å². The lowest BCUT2D eigenvalue weighted by molar-refractivity contribution is 0.360. The molecule has 1 unspecified atom stereocenters. The molecular formula is C15H17N3. The van der Waals surface area contributed by atoms with Crippen LogP contribution in [0.3, 0.4) is 0 Å². The highest BCUT2D eigenvalue weighted by Gasteiger charge is 2.18. The Bertz CT molecular complexity index is 458. The van der Waals surface area contributed by atoms with Gasteiger partial charge in [0.25, 0.3) is 0 Å². The molecule has 1 fully saturated rings. The van der Waals surface area contributed by atoms with Gasteiger partial charge in [-0.15, -0.1) is 0 Å². The van der Waals surface area contributed by atoms with Gasteiger partial charge in [0, 0.05) is 6.04 Å². The normalized spacial score (nSPS) is 17.7. The molecule has 0 aliphatic heterocycles. The van der Waals surface area contributed by atoms with Gasteiger partial charge in [-0.25, -0.2) is 0 Å². The topological polar surface area (TPSA) is 59.6 Å². The van der Waals surface area contributed by atoms with E-state index in [0.717, 1.165) is 18.4 Å². The van der Waals surface area contributed by atoms with Crippen LogP contribution in [-0.2, 0) is 0 Å². The average Bonchev–Trinajstić information content (AvgIpc) is 2.46. The highest BCUT2D eigenvalue weighted by atomic mass is 14.9. The second kappa shape index (κ2) is 6.19. The van der Waals surface area contributed by atoms with Gasteiger partial charge in [-0.3, -0.25) is 5.32 Å². The summed E-state index contributed by atoms with van der Waals surface area (Å²) in [5, 5.41) is 21.4. The van der Waals surface area contributed by atoms with Crippen molar-refractivity contribution in [1.82, 2.24) is 5.32 Å². The third kappa shape index (κ3) is 3.09. The van der Waals surface area contributed by atoms with Crippen LogP contribution in [0.1, 0.15) is 49.3 Å². The van der Waals surface area contributed by atoms with Gasteiger partial charge in [0.05, 0.1) is 17.7 Å². The van der Waals surface area contributed by atoms with E-state index in [9.17, 15) is 5.26 Å². The van der Waals surface area contributed by atoms with Crippen molar-refractivity contribution in [2.75, 3.05) is 0 Å². The van der Waals surface area contributed by atoms with E-state index in [1.54, 1.807) is 12.1 Å². The summed E-state index contributed by atoms with van der Waals surface area (Å²) < 4.78 is 0. The summed E-state index contributed by atoms with van der Waals surface area (Å²) in [7, 11) is 0. The molecule has 1 aromatic carbocycles. The van der Waals surface area contributed by atoms with E-state index in [2.05, 4.69) is 17.5 Å². The lowest BCUT2D eigenvalue weighted by Gasteiger charge is -2.25. The van der Waals surface area contributed by atoms with Crippen LogP contribution in [-0.4, -0.2) is 6.04 Å². The van der Waals surface area contributed by atoms with Crippen molar-refractivity contribution in [1.29, 1.82) is 10.5 Å². The summed E-state index contributed by atoms with van der Waals surface area (Å²) in [6.07, 6.45) is 6.14. The maximum Gasteiger partial charge on any atom is 0.121 e. The van der Waals surface area contributed by atoms with E-state index in [1.807, 2.05) is 12.1 Å². The van der Waals surface area contributed by atoms with E-state index in [4.69, 9.17) is 5.26 Å². The Hall–Kier alpha value is -1.84. The summed E-state index contributed by atoms with van der Waals surface area (Å²) in [6, 6.07) is 11.9. The molecule has 0 saturated heterocycles. The first-order valence-electron chi connectivity index (χ1n) is 6.49. The second-order valence-electron chi connectivity index (χ2n) is 4.80. The lowest BCUT2D eigenvalue weighted by Crippen LogP contribution is -2.33. The molecule has 1 N–H and O–H groups in total. The minimum atomic E-state index is -0.263. The highest BCUT2D eigenvalue weighted by molar-refractivity contribution is 5.34. The van der Waals surface area contributed by atoms with Crippen molar-refractivity contribution >= 4 is 0 Å². The maximum atomic E-state index is 9.26. The van der Waals surface area contributed by atoms with Crippen molar-refractivity contribution in [2.24, 2.45) is 0 Å². The average molecular weight is 239 g/mol. The highest BCUT2D eigenvalue weighted by Crippen LogP contribution is 2.21. The van der Waals surface area contributed by atoms with Gasteiger partial charge in [-0.05, 0) is 30.5 Å². The number of nitriles is 2. The van der Waals surface area contributed by atoms with Gasteiger partial charge in [-0.1, -0.05) is 31.4 Å². The van der Waals surface area contributed by atoms with E-state index < -0.39 is 0 Å². The lowest BCUT2D eigenvalue weighted by atomic mass is 9.94. The first-order valence-corrected chi connectivity index (χ1v) is 6.49. The predicted molar refractivity (Wildman–Crippen MR) is 69.5 cm³/mol. The fraction of sp³-hybridized carbons (Fsp3) is 0.467. The predicted octanol–water partition coefficient (Wildman–Crippen LogP) is 3.05. The third-order valence-electron chi connectivity index (χ3n) is 3.51. The van der Waals surface area contributed by atoms with Crippen LogP contribution in [0.2, 0.25) is 0 Å². The number of nitrogens with one attached hydrogen (secondary N) is 1. The van der Waals surface area contributed by atoms with Crippen molar-refractivity contribution < 1.29 is 0 Å². The van der Waals surface area contributed by atoms with Crippen LogP contribution in [0.4, 0.5) is 0 Å². The molecule has 3 heteroatoms. The molecule has 0 heterocycles. The molecule has 1 atom stereocenters. The molecular weight excluding hydrogens is 222 g/mol. The molecule has 0 spiro atoms. The smallest absolute Gasteiger partial charge is 0.121 e. The molecule has 1 saturated carbocycles. The van der Waals surface area contributed by atoms with Gasteiger partial charge in [0.2, 0.25) is 0 Å². The first-order chi connectivity index (χ1) is 8.83. The maximum absolute atomic E-state index is 9.26. The van der Waals surface area contributed by atoms with Crippen molar-refractivity contribution in [2.45, 2.75) is 44.2 Å². The van der Waals surface area contributed by atoms with E-state index >= 15 is 0 Å². The fourth-order valence-corrected chi connectivity index (χ4v) is 2.46. The zero-order valence-corrected chi connectivity index (χ0v) is 10.4. The molecule has 92 valence electrons. The Morgan fingerprint density at radius 2 is 1.72 bits per heavy atom. The Balaban J connectivity index is 2.03. The zero-order valence-electron chi connectivity index (χ0n) is 10.4. The SMILES string of the molecule is N#Cc1ccc(C(C#N)NC2CCCCC2)cc1. The number of rotatable bonds is 3. The number of benzene rings is 1. The quantitative estimate of drug-likeness (QED) is 0.881. The van der Waals surface area contributed by atoms with Crippen molar-refractivity contribution in [3.05, 3.63) is 35.4 Å². The minimum Gasteiger partial charge on any atom is -0.295 e. The van der Waals surface area contributed by atoms with Crippen LogP contribution in [0.5, 0.6) is 0 Å². The summed E-state index contributed by atoms with van der Waals surface area (Å²) in [5.74, 6) is 0. The Labute approximate surface area is 108 Å². The van der Waals surface area contributed by atoms with Crippen molar-refractivity contribution in [3.63, 3.8) is 0 Å². The Morgan fingerprint density at radius 1 is 1.06 bits per heavy atom. The largest absolute Gasteiger partial charge is 0.295 e. The Morgan fingerprint density at radius 3 is 2.28 bits per heavy atom. The minimum absolute atomic E-state index is 0.263. The summed E-state index contributed by atoms with van der Waals surface area (Å²) in [4.78, 5) is 0. The molecule has 0 bridgehead atoms. The number of nitrogens with zero attached hydrogens (tertiary/aromatic N) is 2. The van der Waals surface area contributed by atoms with E-state index in [-0.39, 0.29) is 6.04 Å². The molecule has 18 heavy (non-hydrogen) atoms.